The second-order valence-electron chi connectivity index (χ2n) is 6.08. The quantitative estimate of drug-likeness (QED) is 0.237. The Bertz CT molecular complexity index is 1230. The molecule has 29 heavy (non-hydrogen) atoms. The van der Waals surface area contributed by atoms with Gasteiger partial charge < -0.3 is 13.6 Å². The monoisotopic (exact) mass is 457 g/mol. The number of halogens is 1. The van der Waals surface area contributed by atoms with Crippen LogP contribution in [0.1, 0.15) is 22.0 Å². The number of aromatic nitrogens is 2. The first kappa shape index (κ1) is 18.8. The molecular formula is C19H12BrN3O6. The number of benzene rings is 2. The van der Waals surface area contributed by atoms with Gasteiger partial charge in [-0.2, -0.15) is 0 Å². The number of nitro groups is 1. The summed E-state index contributed by atoms with van der Waals surface area (Å²) in [5, 5.41) is 19.2. The SMILES string of the molecule is Cc1c(C(=O)OCc2nnc(-c3ccc([N+](=O)[O-])cc3)o2)oc2ccc(Br)cc12. The number of nitro benzene ring substituents is 1. The molecule has 0 N–H and O–H groups in total. The van der Waals surface area contributed by atoms with Gasteiger partial charge >= 0.3 is 5.97 Å². The van der Waals surface area contributed by atoms with Crippen LogP contribution in [0.3, 0.4) is 0 Å². The predicted molar refractivity (Wildman–Crippen MR) is 104 cm³/mol. The van der Waals surface area contributed by atoms with Crippen molar-refractivity contribution < 1.29 is 23.3 Å². The van der Waals surface area contributed by atoms with Gasteiger partial charge in [0.05, 0.1) is 4.92 Å². The van der Waals surface area contributed by atoms with Crippen LogP contribution in [-0.4, -0.2) is 21.1 Å². The second-order valence-corrected chi connectivity index (χ2v) is 6.99. The summed E-state index contributed by atoms with van der Waals surface area (Å²) >= 11 is 3.39. The number of nitrogens with zero attached hydrogens (tertiary/aromatic N) is 3. The number of hydrogen-bond donors (Lipinski definition) is 0. The van der Waals surface area contributed by atoms with E-state index in [4.69, 9.17) is 13.6 Å². The maximum atomic E-state index is 12.4. The molecule has 0 radical (unpaired) electrons. The van der Waals surface area contributed by atoms with Gasteiger partial charge in [-0.05, 0) is 37.3 Å². The van der Waals surface area contributed by atoms with Crippen molar-refractivity contribution in [3.8, 4) is 11.5 Å². The van der Waals surface area contributed by atoms with Gasteiger partial charge in [0.2, 0.25) is 11.7 Å². The van der Waals surface area contributed by atoms with E-state index in [0.717, 1.165) is 9.86 Å². The lowest BCUT2D eigenvalue weighted by atomic mass is 10.1. The molecule has 0 saturated heterocycles. The number of non-ortho nitro benzene ring substituents is 1. The summed E-state index contributed by atoms with van der Waals surface area (Å²) in [5.74, 6) is -0.294. The zero-order valence-electron chi connectivity index (χ0n) is 14.9. The number of fused-ring (bicyclic) bond motifs is 1. The number of carbonyl (C=O) groups excluding carboxylic acids is 1. The summed E-state index contributed by atoms with van der Waals surface area (Å²) in [6, 6.07) is 11.1. The summed E-state index contributed by atoms with van der Waals surface area (Å²) < 4.78 is 17.1. The first-order chi connectivity index (χ1) is 13.9. The Morgan fingerprint density at radius 2 is 1.93 bits per heavy atom. The lowest BCUT2D eigenvalue weighted by Crippen LogP contribution is -2.05. The van der Waals surface area contributed by atoms with E-state index in [2.05, 4.69) is 26.1 Å². The summed E-state index contributed by atoms with van der Waals surface area (Å²) in [4.78, 5) is 22.6. The second kappa shape index (κ2) is 7.47. The Labute approximate surface area is 171 Å². The first-order valence-corrected chi connectivity index (χ1v) is 9.14. The van der Waals surface area contributed by atoms with Crippen LogP contribution in [0.2, 0.25) is 0 Å². The summed E-state index contributed by atoms with van der Waals surface area (Å²) in [6.07, 6.45) is 0. The normalized spacial score (nSPS) is 11.0. The third-order valence-corrected chi connectivity index (χ3v) is 4.70. The molecule has 2 heterocycles. The van der Waals surface area contributed by atoms with E-state index in [1.165, 1.54) is 24.3 Å². The molecule has 9 nitrogen and oxygen atoms in total. The lowest BCUT2D eigenvalue weighted by Gasteiger charge is -2.00. The number of ether oxygens (including phenoxy) is 1. The molecule has 0 saturated carbocycles. The van der Waals surface area contributed by atoms with Crippen LogP contribution in [0.15, 0.2) is 55.8 Å². The van der Waals surface area contributed by atoms with Crippen LogP contribution in [0.5, 0.6) is 0 Å². The molecule has 10 heteroatoms. The molecule has 0 aliphatic heterocycles. The van der Waals surface area contributed by atoms with Crippen LogP contribution in [0.25, 0.3) is 22.4 Å². The highest BCUT2D eigenvalue weighted by Gasteiger charge is 2.20. The largest absolute Gasteiger partial charge is 0.450 e. The van der Waals surface area contributed by atoms with Crippen LogP contribution in [0.4, 0.5) is 5.69 Å². The van der Waals surface area contributed by atoms with Crippen LogP contribution >= 0.6 is 15.9 Å². The molecule has 0 fully saturated rings. The minimum atomic E-state index is -0.648. The van der Waals surface area contributed by atoms with Crippen molar-refractivity contribution in [2.24, 2.45) is 0 Å². The van der Waals surface area contributed by atoms with Crippen molar-refractivity contribution in [1.82, 2.24) is 10.2 Å². The molecule has 0 aliphatic rings. The fraction of sp³-hybridized carbons (Fsp3) is 0.105. The zero-order chi connectivity index (χ0) is 20.5. The predicted octanol–water partition coefficient (Wildman–Crippen LogP) is 4.82. The molecule has 4 aromatic rings. The van der Waals surface area contributed by atoms with Crippen LogP contribution < -0.4 is 0 Å². The highest BCUT2D eigenvalue weighted by atomic mass is 79.9. The topological polar surface area (TPSA) is 122 Å². The van der Waals surface area contributed by atoms with Crippen molar-refractivity contribution in [1.29, 1.82) is 0 Å². The van der Waals surface area contributed by atoms with Gasteiger partial charge in [0, 0.05) is 33.1 Å². The van der Waals surface area contributed by atoms with Gasteiger partial charge in [-0.25, -0.2) is 4.79 Å². The number of carbonyl (C=O) groups is 1. The van der Waals surface area contributed by atoms with E-state index in [-0.39, 0.29) is 29.8 Å². The van der Waals surface area contributed by atoms with Gasteiger partial charge in [-0.1, -0.05) is 15.9 Å². The number of hydrogen-bond acceptors (Lipinski definition) is 8. The van der Waals surface area contributed by atoms with Crippen LogP contribution in [-0.2, 0) is 11.3 Å². The molecule has 4 rings (SSSR count). The van der Waals surface area contributed by atoms with Gasteiger partial charge in [0.15, 0.2) is 6.61 Å². The maximum absolute atomic E-state index is 12.4. The van der Waals surface area contributed by atoms with Gasteiger partial charge in [0.25, 0.3) is 11.6 Å². The van der Waals surface area contributed by atoms with Gasteiger partial charge in [0.1, 0.15) is 5.58 Å². The molecule has 0 atom stereocenters. The molecule has 2 aromatic carbocycles. The molecular weight excluding hydrogens is 446 g/mol. The molecule has 0 bridgehead atoms. The lowest BCUT2D eigenvalue weighted by molar-refractivity contribution is -0.384. The Hall–Kier alpha value is -3.53. The van der Waals surface area contributed by atoms with Gasteiger partial charge in [-0.15, -0.1) is 10.2 Å². The minimum absolute atomic E-state index is 0.0457. The molecule has 0 amide bonds. The summed E-state index contributed by atoms with van der Waals surface area (Å²) in [5.41, 5.74) is 1.72. The Kier molecular flexibility index (Phi) is 4.85. The Morgan fingerprint density at radius 3 is 2.66 bits per heavy atom. The molecule has 2 aromatic heterocycles. The zero-order valence-corrected chi connectivity index (χ0v) is 16.5. The highest BCUT2D eigenvalue weighted by Crippen LogP contribution is 2.29. The average molecular weight is 458 g/mol. The van der Waals surface area contributed by atoms with Crippen LogP contribution in [0, 0.1) is 17.0 Å². The van der Waals surface area contributed by atoms with Gasteiger partial charge in [-0.3, -0.25) is 10.1 Å². The van der Waals surface area contributed by atoms with Crippen molar-refractivity contribution in [3.63, 3.8) is 0 Å². The van der Waals surface area contributed by atoms with Crippen molar-refractivity contribution >= 4 is 38.6 Å². The van der Waals surface area contributed by atoms with E-state index in [1.54, 1.807) is 13.0 Å². The fourth-order valence-electron chi connectivity index (χ4n) is 2.73. The van der Waals surface area contributed by atoms with Crippen molar-refractivity contribution in [2.75, 3.05) is 0 Å². The number of furan rings is 1. The number of aryl methyl sites for hydroxylation is 1. The summed E-state index contributed by atoms with van der Waals surface area (Å²) in [7, 11) is 0. The van der Waals surface area contributed by atoms with Crippen molar-refractivity contribution in [3.05, 3.63) is 74.3 Å². The smallest absolute Gasteiger partial charge is 0.375 e. The minimum Gasteiger partial charge on any atom is -0.450 e. The standard InChI is InChI=1S/C19H12BrN3O6/c1-10-14-8-12(20)4-7-15(14)28-17(10)19(24)27-9-16-21-22-18(29-16)11-2-5-13(6-3-11)23(25)26/h2-8H,9H2,1H3. The fourth-order valence-corrected chi connectivity index (χ4v) is 3.10. The number of esters is 1. The van der Waals surface area contributed by atoms with E-state index in [1.807, 2.05) is 12.1 Å². The molecule has 0 spiro atoms. The van der Waals surface area contributed by atoms with E-state index >= 15 is 0 Å². The van der Waals surface area contributed by atoms with E-state index in [0.29, 0.717) is 16.7 Å². The Balaban J connectivity index is 1.46. The molecule has 0 aliphatic carbocycles. The maximum Gasteiger partial charge on any atom is 0.375 e. The summed E-state index contributed by atoms with van der Waals surface area (Å²) in [6.45, 7) is 1.53. The highest BCUT2D eigenvalue weighted by molar-refractivity contribution is 9.10. The molecule has 0 unspecified atom stereocenters. The third kappa shape index (κ3) is 3.74. The third-order valence-electron chi connectivity index (χ3n) is 4.20. The average Bonchev–Trinajstić information content (AvgIpc) is 3.31. The Morgan fingerprint density at radius 1 is 1.17 bits per heavy atom. The first-order valence-electron chi connectivity index (χ1n) is 8.35. The molecule has 146 valence electrons. The van der Waals surface area contributed by atoms with E-state index in [9.17, 15) is 14.9 Å². The number of rotatable bonds is 5. The van der Waals surface area contributed by atoms with E-state index < -0.39 is 10.9 Å². The van der Waals surface area contributed by atoms with Crippen molar-refractivity contribution in [2.45, 2.75) is 13.5 Å².